The molecule has 0 aromatic heterocycles. The summed E-state index contributed by atoms with van der Waals surface area (Å²) in [7, 11) is 0.0863. The molecule has 0 spiro atoms. The van der Waals surface area contributed by atoms with E-state index in [0.29, 0.717) is 18.4 Å². The first-order valence-corrected chi connectivity index (χ1v) is 13.3. The van der Waals surface area contributed by atoms with Gasteiger partial charge in [0.1, 0.15) is 6.04 Å². The Hall–Kier alpha value is -2.12. The van der Waals surface area contributed by atoms with E-state index >= 15 is 0 Å². The molecule has 1 aliphatic heterocycles. The Bertz CT molecular complexity index is 1060. The van der Waals surface area contributed by atoms with Crippen molar-refractivity contribution in [2.24, 2.45) is 0 Å². The summed E-state index contributed by atoms with van der Waals surface area (Å²) in [5, 5.41) is 4.79. The van der Waals surface area contributed by atoms with Crippen LogP contribution in [0.5, 0.6) is 0 Å². The molecule has 2 fully saturated rings. The molecule has 1 aliphatic carbocycles. The van der Waals surface area contributed by atoms with Crippen LogP contribution in [0.3, 0.4) is 0 Å². The van der Waals surface area contributed by atoms with Gasteiger partial charge in [0.15, 0.2) is 0 Å². The van der Waals surface area contributed by atoms with Gasteiger partial charge in [0.05, 0.1) is 4.90 Å². The van der Waals surface area contributed by atoms with Gasteiger partial charge in [-0.05, 0) is 37.8 Å². The van der Waals surface area contributed by atoms with Crippen LogP contribution in [0.1, 0.15) is 57.8 Å². The van der Waals surface area contributed by atoms with Crippen LogP contribution in [0.25, 0.3) is 10.8 Å². The number of benzene rings is 2. The summed E-state index contributed by atoms with van der Waals surface area (Å²) in [6.45, 7) is 0.384. The number of sulfonamides is 1. The number of hydrogen-bond acceptors (Lipinski definition) is 4. The van der Waals surface area contributed by atoms with E-state index in [2.05, 4.69) is 5.32 Å². The van der Waals surface area contributed by atoms with Gasteiger partial charge in [0.2, 0.25) is 15.9 Å². The number of amides is 1. The molecule has 2 aliphatic rings. The molecule has 0 bridgehead atoms. The lowest BCUT2D eigenvalue weighted by Gasteiger charge is -2.35. The third-order valence-corrected chi connectivity index (χ3v) is 8.85. The highest BCUT2D eigenvalue weighted by atomic mass is 32.2. The average molecular weight is 458 g/mol. The molecule has 0 unspecified atom stereocenters. The van der Waals surface area contributed by atoms with E-state index in [1.807, 2.05) is 43.3 Å². The minimum absolute atomic E-state index is 0.130. The Labute approximate surface area is 192 Å². The van der Waals surface area contributed by atoms with Crippen molar-refractivity contribution in [1.82, 2.24) is 9.62 Å². The zero-order chi connectivity index (χ0) is 22.7. The molecule has 1 heterocycles. The molecular formula is C25H35N3O3S. The van der Waals surface area contributed by atoms with Crippen molar-refractivity contribution in [3.8, 4) is 0 Å². The normalized spacial score (nSPS) is 21.2. The standard InChI is InChI=1S/C25H35N3O3S/c1-27(2)22-16-9-14-21-20(22)13-10-17-24(21)32(30,31)28-18-8-7-15-23(28)25(29)26-19-11-5-3-4-6-12-19/h9-10,13-14,16-17,19,23H,3-8,11-12,15,18H2,1-2H3,(H,26,29)/t23-/m1/s1. The Kier molecular flexibility index (Phi) is 7.05. The molecule has 4 rings (SSSR count). The number of anilines is 1. The largest absolute Gasteiger partial charge is 0.377 e. The van der Waals surface area contributed by atoms with E-state index < -0.39 is 16.1 Å². The predicted octanol–water partition coefficient (Wildman–Crippen LogP) is 4.29. The van der Waals surface area contributed by atoms with Gasteiger partial charge in [-0.25, -0.2) is 8.42 Å². The van der Waals surface area contributed by atoms with Crippen LogP contribution in [-0.2, 0) is 14.8 Å². The van der Waals surface area contributed by atoms with Crippen LogP contribution in [0.2, 0.25) is 0 Å². The molecule has 1 saturated carbocycles. The monoisotopic (exact) mass is 457 g/mol. The fourth-order valence-electron chi connectivity index (χ4n) is 5.18. The molecule has 1 saturated heterocycles. The Morgan fingerprint density at radius 3 is 2.28 bits per heavy atom. The zero-order valence-electron chi connectivity index (χ0n) is 19.2. The third-order valence-electron chi connectivity index (χ3n) is 6.89. The first-order chi connectivity index (χ1) is 15.4. The van der Waals surface area contributed by atoms with E-state index in [0.717, 1.165) is 49.6 Å². The van der Waals surface area contributed by atoms with Crippen LogP contribution < -0.4 is 10.2 Å². The molecule has 1 N–H and O–H groups in total. The molecule has 2 aromatic carbocycles. The van der Waals surface area contributed by atoms with Crippen molar-refractivity contribution < 1.29 is 13.2 Å². The lowest BCUT2D eigenvalue weighted by Crippen LogP contribution is -2.53. The van der Waals surface area contributed by atoms with Gasteiger partial charge in [-0.15, -0.1) is 0 Å². The highest BCUT2D eigenvalue weighted by Gasteiger charge is 2.38. The molecule has 2 aromatic rings. The van der Waals surface area contributed by atoms with Crippen molar-refractivity contribution in [3.63, 3.8) is 0 Å². The summed E-state index contributed by atoms with van der Waals surface area (Å²) in [5.74, 6) is -0.130. The topological polar surface area (TPSA) is 69.7 Å². The van der Waals surface area contributed by atoms with Gasteiger partial charge < -0.3 is 10.2 Å². The summed E-state index contributed by atoms with van der Waals surface area (Å²) >= 11 is 0. The number of hydrogen-bond donors (Lipinski definition) is 1. The molecule has 1 amide bonds. The highest BCUT2D eigenvalue weighted by Crippen LogP contribution is 2.34. The number of fused-ring (bicyclic) bond motifs is 1. The summed E-state index contributed by atoms with van der Waals surface area (Å²) in [5.41, 5.74) is 0.973. The predicted molar refractivity (Wildman–Crippen MR) is 129 cm³/mol. The molecule has 7 heteroatoms. The summed E-state index contributed by atoms with van der Waals surface area (Å²) in [6.07, 6.45) is 8.88. The van der Waals surface area contributed by atoms with E-state index in [9.17, 15) is 13.2 Å². The SMILES string of the molecule is CN(C)c1cccc2c(S(=O)(=O)N3CCCC[C@@H]3C(=O)NC3CCCCCC3)cccc12. The lowest BCUT2D eigenvalue weighted by molar-refractivity contribution is -0.126. The van der Waals surface area contributed by atoms with Crippen LogP contribution in [0.15, 0.2) is 41.3 Å². The zero-order valence-corrected chi connectivity index (χ0v) is 20.0. The minimum atomic E-state index is -3.82. The van der Waals surface area contributed by atoms with E-state index in [4.69, 9.17) is 0 Å². The van der Waals surface area contributed by atoms with Crippen LogP contribution in [0.4, 0.5) is 5.69 Å². The van der Waals surface area contributed by atoms with E-state index in [-0.39, 0.29) is 16.8 Å². The average Bonchev–Trinajstić information content (AvgIpc) is 3.06. The van der Waals surface area contributed by atoms with Gasteiger partial charge in [-0.2, -0.15) is 4.31 Å². The van der Waals surface area contributed by atoms with Gasteiger partial charge in [-0.1, -0.05) is 56.4 Å². The van der Waals surface area contributed by atoms with E-state index in [1.165, 1.54) is 17.1 Å². The number of nitrogens with zero attached hydrogens (tertiary/aromatic N) is 2. The summed E-state index contributed by atoms with van der Waals surface area (Å²) < 4.78 is 29.2. The minimum Gasteiger partial charge on any atom is -0.377 e. The number of carbonyl (C=O) groups is 1. The van der Waals surface area contributed by atoms with Crippen LogP contribution >= 0.6 is 0 Å². The smallest absolute Gasteiger partial charge is 0.244 e. The Balaban J connectivity index is 1.66. The van der Waals surface area contributed by atoms with Crippen molar-refractivity contribution in [3.05, 3.63) is 36.4 Å². The van der Waals surface area contributed by atoms with Gasteiger partial charge >= 0.3 is 0 Å². The second kappa shape index (κ2) is 9.79. The first kappa shape index (κ1) is 23.1. The maximum Gasteiger partial charge on any atom is 0.244 e. The van der Waals surface area contributed by atoms with Crippen molar-refractivity contribution in [2.45, 2.75) is 74.8 Å². The third kappa shape index (κ3) is 4.64. The van der Waals surface area contributed by atoms with Crippen LogP contribution in [0, 0.1) is 0 Å². The van der Waals surface area contributed by atoms with Crippen molar-refractivity contribution in [2.75, 3.05) is 25.5 Å². The van der Waals surface area contributed by atoms with Crippen LogP contribution in [-0.4, -0.2) is 51.4 Å². The second-order valence-electron chi connectivity index (χ2n) is 9.35. The summed E-state index contributed by atoms with van der Waals surface area (Å²) in [6, 6.07) is 10.7. The molecular weight excluding hydrogens is 422 g/mol. The maximum absolute atomic E-state index is 13.9. The maximum atomic E-state index is 13.9. The Morgan fingerprint density at radius 2 is 1.56 bits per heavy atom. The van der Waals surface area contributed by atoms with Crippen molar-refractivity contribution in [1.29, 1.82) is 0 Å². The molecule has 1 atom stereocenters. The number of rotatable bonds is 5. The lowest BCUT2D eigenvalue weighted by atomic mass is 10.0. The van der Waals surface area contributed by atoms with Gasteiger partial charge in [0, 0.05) is 43.1 Å². The first-order valence-electron chi connectivity index (χ1n) is 11.9. The molecule has 32 heavy (non-hydrogen) atoms. The van der Waals surface area contributed by atoms with E-state index in [1.54, 1.807) is 12.1 Å². The highest BCUT2D eigenvalue weighted by molar-refractivity contribution is 7.89. The molecule has 6 nitrogen and oxygen atoms in total. The second-order valence-corrected chi connectivity index (χ2v) is 11.2. The fraction of sp³-hybridized carbons (Fsp3) is 0.560. The van der Waals surface area contributed by atoms with Gasteiger partial charge in [0.25, 0.3) is 0 Å². The van der Waals surface area contributed by atoms with Crippen molar-refractivity contribution >= 4 is 32.4 Å². The quantitative estimate of drug-likeness (QED) is 0.680. The Morgan fingerprint density at radius 1 is 0.906 bits per heavy atom. The fourth-order valence-corrected chi connectivity index (χ4v) is 7.05. The van der Waals surface area contributed by atoms with Gasteiger partial charge in [-0.3, -0.25) is 4.79 Å². The number of nitrogens with one attached hydrogen (secondary N) is 1. The molecule has 174 valence electrons. The number of piperidine rings is 1. The number of carbonyl (C=O) groups excluding carboxylic acids is 1. The summed E-state index contributed by atoms with van der Waals surface area (Å²) in [4.78, 5) is 15.5. The molecule has 0 radical (unpaired) electrons.